The molecule has 1 unspecified atom stereocenters. The van der Waals surface area contributed by atoms with Gasteiger partial charge in [-0.1, -0.05) is 99.3 Å². The Labute approximate surface area is 333 Å². The zero-order valence-electron chi connectivity index (χ0n) is 36.8. The van der Waals surface area contributed by atoms with Crippen LogP contribution in [0, 0.1) is 57.2 Å². The number of hydrogen-bond donors (Lipinski definition) is 4. The fourth-order valence-electron chi connectivity index (χ4n) is 10.6. The number of ether oxygens (including phenoxy) is 1. The van der Waals surface area contributed by atoms with Crippen molar-refractivity contribution in [1.29, 1.82) is 0 Å². The first kappa shape index (κ1) is 44.9. The molecule has 1 aromatic carbocycles. The topological polar surface area (TPSA) is 124 Å². The van der Waals surface area contributed by atoms with Crippen LogP contribution in [0.4, 0.5) is 0 Å². The Morgan fingerprint density at radius 1 is 0.855 bits per heavy atom. The molecule has 0 saturated heterocycles. The molecule has 6 aliphatic rings. The van der Waals surface area contributed by atoms with Crippen molar-refractivity contribution in [3.05, 3.63) is 46.6 Å². The number of esters is 1. The van der Waals surface area contributed by atoms with Crippen LogP contribution in [0.3, 0.4) is 0 Å². The molecule has 0 radical (unpaired) electrons. The highest BCUT2D eigenvalue weighted by Crippen LogP contribution is 2.65. The van der Waals surface area contributed by atoms with Crippen LogP contribution in [-0.4, -0.2) is 45.1 Å². The Bertz CT molecular complexity index is 1590. The summed E-state index contributed by atoms with van der Waals surface area (Å²) >= 11 is 0. The molecule has 4 bridgehead atoms. The molecule has 7 atom stereocenters. The Hall–Kier alpha value is -2.80. The lowest BCUT2D eigenvalue weighted by Crippen LogP contribution is -2.54. The van der Waals surface area contributed by atoms with Crippen molar-refractivity contribution in [2.24, 2.45) is 57.2 Å². The van der Waals surface area contributed by atoms with Gasteiger partial charge in [0.05, 0.1) is 16.9 Å². The normalized spacial score (nSPS) is 27.1. The van der Waals surface area contributed by atoms with Crippen LogP contribution in [0.2, 0.25) is 0 Å². The number of benzene rings is 1. The minimum Gasteiger partial charge on any atom is -0.507 e. The number of carboxylic acid groups (broad SMARTS) is 1. The number of fused-ring (bicyclic) bond motifs is 2. The van der Waals surface area contributed by atoms with Gasteiger partial charge in [0.1, 0.15) is 18.1 Å². The van der Waals surface area contributed by atoms with E-state index < -0.39 is 16.8 Å². The molecule has 2 fully saturated rings. The lowest BCUT2D eigenvalue weighted by molar-refractivity contribution is -0.153. The van der Waals surface area contributed by atoms with E-state index in [0.717, 1.165) is 36.8 Å². The number of aliphatic hydroxyl groups is 1. The number of allylic oxidation sites excluding steroid dienone is 2. The van der Waals surface area contributed by atoms with E-state index in [4.69, 9.17) is 9.84 Å². The Morgan fingerprint density at radius 2 is 1.40 bits per heavy atom. The number of aliphatic carboxylic acids is 1. The van der Waals surface area contributed by atoms with Gasteiger partial charge in [-0.05, 0) is 142 Å². The second kappa shape index (κ2) is 16.2. The summed E-state index contributed by atoms with van der Waals surface area (Å²) in [5, 5.41) is 41.9. The summed E-state index contributed by atoms with van der Waals surface area (Å²) in [4.78, 5) is 23.5. The molecule has 0 heterocycles. The molecule has 0 spiro atoms. The smallest absolute Gasteiger partial charge is 0.311 e. The number of aliphatic hydroxyl groups excluding tert-OH is 1. The molecule has 1 aromatic rings. The minimum atomic E-state index is -0.745. The van der Waals surface area contributed by atoms with Gasteiger partial charge in [0.25, 0.3) is 0 Å². The van der Waals surface area contributed by atoms with E-state index >= 15 is 0 Å². The summed E-state index contributed by atoms with van der Waals surface area (Å²) in [6.07, 6.45) is 12.0. The molecule has 310 valence electrons. The van der Waals surface area contributed by atoms with Gasteiger partial charge >= 0.3 is 11.9 Å². The van der Waals surface area contributed by atoms with Gasteiger partial charge in [-0.3, -0.25) is 9.59 Å². The van der Waals surface area contributed by atoms with E-state index in [1.54, 1.807) is 13.8 Å². The van der Waals surface area contributed by atoms with Gasteiger partial charge in [0.2, 0.25) is 0 Å². The van der Waals surface area contributed by atoms with Gasteiger partial charge in [-0.15, -0.1) is 0 Å². The number of phenolic OH excluding ortho intramolecular Hbond substituents is 2. The molecule has 0 amide bonds. The third-order valence-corrected chi connectivity index (χ3v) is 14.9. The van der Waals surface area contributed by atoms with E-state index in [2.05, 4.69) is 68.4 Å². The predicted octanol–water partition coefficient (Wildman–Crippen LogP) is 11.3. The first-order valence-electron chi connectivity index (χ1n) is 21.3. The fourth-order valence-corrected chi connectivity index (χ4v) is 10.6. The molecule has 6 aliphatic carbocycles. The molecule has 0 aromatic heterocycles. The largest absolute Gasteiger partial charge is 0.507 e. The number of unbranched alkanes of at least 4 members (excludes halogenated alkanes) is 2. The van der Waals surface area contributed by atoms with Crippen molar-refractivity contribution in [2.45, 2.75) is 166 Å². The summed E-state index contributed by atoms with van der Waals surface area (Å²) in [6.45, 7) is 29.6. The second-order valence-corrected chi connectivity index (χ2v) is 21.4. The van der Waals surface area contributed by atoms with Gasteiger partial charge in [-0.2, -0.15) is 0 Å². The number of hydrogen-bond acceptors (Lipinski definition) is 6. The maximum atomic E-state index is 12.4. The average molecular weight is 765 g/mol. The third kappa shape index (κ3) is 9.02. The van der Waals surface area contributed by atoms with Crippen molar-refractivity contribution in [2.75, 3.05) is 6.61 Å². The van der Waals surface area contributed by atoms with Crippen LogP contribution in [0.15, 0.2) is 35.4 Å². The van der Waals surface area contributed by atoms with Crippen molar-refractivity contribution in [1.82, 2.24) is 0 Å². The molecule has 7 rings (SSSR count). The van der Waals surface area contributed by atoms with Gasteiger partial charge in [-0.25, -0.2) is 0 Å². The van der Waals surface area contributed by atoms with E-state index in [0.29, 0.717) is 47.5 Å². The Balaban J connectivity index is 0.000000311. The maximum Gasteiger partial charge on any atom is 0.311 e. The zero-order valence-corrected chi connectivity index (χ0v) is 36.8. The number of phenols is 2. The highest BCUT2D eigenvalue weighted by atomic mass is 16.5. The summed E-state index contributed by atoms with van der Waals surface area (Å²) in [5.74, 6) is 1.86. The number of carbonyl (C=O) groups is 2. The summed E-state index contributed by atoms with van der Waals surface area (Å²) in [7, 11) is 0. The molecule has 0 aliphatic heterocycles. The van der Waals surface area contributed by atoms with Crippen molar-refractivity contribution >= 4 is 11.9 Å². The van der Waals surface area contributed by atoms with E-state index in [9.17, 15) is 24.9 Å². The lowest BCUT2D eigenvalue weighted by Gasteiger charge is -2.59. The number of aromatic hydroxyl groups is 2. The highest BCUT2D eigenvalue weighted by Gasteiger charge is 2.57. The number of rotatable bonds is 14. The van der Waals surface area contributed by atoms with Crippen LogP contribution in [0.5, 0.6) is 11.5 Å². The zero-order chi connectivity index (χ0) is 41.6. The Kier molecular flexibility index (Phi) is 13.2. The Morgan fingerprint density at radius 3 is 1.87 bits per heavy atom. The molecular formula is C48H76O7. The SMILES string of the molecule is CC(C)(CCC1=C[C@@H](O)[C@@H]2C[C@H]1C2(C)C)C(=O)O.CCCCCC(C(C)C)C(C)(C)c1cc(O)c([C@H]2C=C(COC(=O)C(C)(C)C)[C@H]3C[C@@H]2C3(C)C)c(O)c1. The van der Waals surface area contributed by atoms with E-state index in [1.165, 1.54) is 24.8 Å². The second-order valence-electron chi connectivity index (χ2n) is 21.4. The van der Waals surface area contributed by atoms with Crippen LogP contribution in [0.1, 0.15) is 165 Å². The molecule has 7 heteroatoms. The van der Waals surface area contributed by atoms with Crippen LogP contribution >= 0.6 is 0 Å². The third-order valence-electron chi connectivity index (χ3n) is 14.9. The standard InChI is InChI=1S/C33H52O4.C15H24O3/c1-11-12-13-14-24(20(2)3)32(7,8)22-16-27(34)29(28(35)17-22)23-15-21(19-37-30(36)31(4,5)6)25-18-26(23)33(25,9)10;1-14(2,13(17)18)6-5-9-7-12(16)11-8-10(9)15(11,3)4/h15-17,20,23-26,34-35H,11-14,18-19H2,1-10H3;7,10-12,16H,5-6,8H2,1-4H3,(H,17,18)/t23-,24?,25+,26-;10-,11+,12-/m01/s1. The summed E-state index contributed by atoms with van der Waals surface area (Å²) in [5.41, 5.74) is 2.77. The monoisotopic (exact) mass is 765 g/mol. The maximum absolute atomic E-state index is 12.4. The fraction of sp³-hybridized carbons (Fsp3) is 0.750. The van der Waals surface area contributed by atoms with Crippen LogP contribution in [-0.2, 0) is 19.7 Å². The van der Waals surface area contributed by atoms with Crippen LogP contribution < -0.4 is 0 Å². The number of carboxylic acids is 1. The molecule has 4 N–H and O–H groups in total. The molecule has 2 saturated carbocycles. The number of carbonyl (C=O) groups excluding carboxylic acids is 1. The summed E-state index contributed by atoms with van der Waals surface area (Å²) in [6, 6.07) is 3.80. The van der Waals surface area contributed by atoms with Gasteiger partial charge in [0, 0.05) is 11.5 Å². The van der Waals surface area contributed by atoms with Crippen LogP contribution in [0.25, 0.3) is 0 Å². The average Bonchev–Trinajstić information content (AvgIpc) is 3.06. The van der Waals surface area contributed by atoms with E-state index in [-0.39, 0.29) is 52.3 Å². The molecule has 7 nitrogen and oxygen atoms in total. The quantitative estimate of drug-likeness (QED) is 0.0844. The molecule has 55 heavy (non-hydrogen) atoms. The van der Waals surface area contributed by atoms with Gasteiger partial charge in [0.15, 0.2) is 0 Å². The highest BCUT2D eigenvalue weighted by molar-refractivity contribution is 5.75. The predicted molar refractivity (Wildman–Crippen MR) is 222 cm³/mol. The molecular weight excluding hydrogens is 689 g/mol. The van der Waals surface area contributed by atoms with Crippen molar-refractivity contribution in [3.8, 4) is 11.5 Å². The van der Waals surface area contributed by atoms with Crippen molar-refractivity contribution < 1.29 is 34.8 Å². The van der Waals surface area contributed by atoms with E-state index in [1.807, 2.05) is 39.0 Å². The van der Waals surface area contributed by atoms with Crippen molar-refractivity contribution in [3.63, 3.8) is 0 Å². The first-order chi connectivity index (χ1) is 25.2. The minimum absolute atomic E-state index is 0.0156. The van der Waals surface area contributed by atoms with Gasteiger partial charge < -0.3 is 25.2 Å². The lowest BCUT2D eigenvalue weighted by atomic mass is 9.45. The summed E-state index contributed by atoms with van der Waals surface area (Å²) < 4.78 is 5.70. The first-order valence-corrected chi connectivity index (χ1v) is 21.3.